The molecule has 1 aliphatic rings. The second kappa shape index (κ2) is 4.78. The number of ether oxygens (including phenoxy) is 1. The van der Waals surface area contributed by atoms with Crippen molar-refractivity contribution in [3.8, 4) is 0 Å². The van der Waals surface area contributed by atoms with E-state index in [-0.39, 0.29) is 12.0 Å². The molecule has 1 saturated heterocycles. The number of benzene rings is 1. The highest BCUT2D eigenvalue weighted by Crippen LogP contribution is 2.16. The highest BCUT2D eigenvalue weighted by molar-refractivity contribution is 6.06. The van der Waals surface area contributed by atoms with Crippen molar-refractivity contribution in [1.82, 2.24) is 15.5 Å². The fourth-order valence-electron chi connectivity index (χ4n) is 2.27. The van der Waals surface area contributed by atoms with Crippen LogP contribution in [0.3, 0.4) is 0 Å². The van der Waals surface area contributed by atoms with Gasteiger partial charge in [0.05, 0.1) is 23.4 Å². The molecule has 1 aromatic carbocycles. The van der Waals surface area contributed by atoms with Crippen LogP contribution >= 0.6 is 0 Å². The summed E-state index contributed by atoms with van der Waals surface area (Å²) >= 11 is 0. The summed E-state index contributed by atoms with van der Waals surface area (Å²) < 4.78 is 5.48. The van der Waals surface area contributed by atoms with E-state index < -0.39 is 0 Å². The van der Waals surface area contributed by atoms with Gasteiger partial charge in [0.1, 0.15) is 0 Å². The van der Waals surface area contributed by atoms with Crippen LogP contribution in [0.4, 0.5) is 0 Å². The molecule has 1 fully saturated rings. The summed E-state index contributed by atoms with van der Waals surface area (Å²) in [5, 5.41) is 10.6. The average molecular weight is 245 g/mol. The van der Waals surface area contributed by atoms with Crippen molar-refractivity contribution in [1.29, 1.82) is 0 Å². The number of aromatic amines is 1. The van der Waals surface area contributed by atoms with Gasteiger partial charge in [-0.15, -0.1) is 0 Å². The maximum Gasteiger partial charge on any atom is 0.252 e. The molecule has 94 valence electrons. The highest BCUT2D eigenvalue weighted by atomic mass is 16.5. The molecule has 2 aromatic rings. The van der Waals surface area contributed by atoms with E-state index in [1.807, 2.05) is 18.2 Å². The molecule has 2 heterocycles. The number of carbonyl (C=O) groups excluding carboxylic acids is 1. The van der Waals surface area contributed by atoms with Crippen molar-refractivity contribution in [2.24, 2.45) is 0 Å². The van der Waals surface area contributed by atoms with Crippen molar-refractivity contribution in [3.63, 3.8) is 0 Å². The Morgan fingerprint density at radius 2 is 2.50 bits per heavy atom. The molecule has 1 unspecified atom stereocenters. The smallest absolute Gasteiger partial charge is 0.252 e. The first kappa shape index (κ1) is 11.2. The Labute approximate surface area is 105 Å². The Morgan fingerprint density at radius 3 is 3.33 bits per heavy atom. The summed E-state index contributed by atoms with van der Waals surface area (Å²) in [6, 6.07) is 5.56. The number of aromatic nitrogens is 2. The lowest BCUT2D eigenvalue weighted by molar-refractivity contribution is 0.0859. The third kappa shape index (κ3) is 2.09. The normalized spacial score (nSPS) is 19.2. The van der Waals surface area contributed by atoms with Gasteiger partial charge in [0.15, 0.2) is 0 Å². The zero-order valence-corrected chi connectivity index (χ0v) is 9.98. The molecule has 18 heavy (non-hydrogen) atoms. The summed E-state index contributed by atoms with van der Waals surface area (Å²) in [5.74, 6) is -0.0718. The SMILES string of the molecule is O=C(NCC1CCCO1)c1cccc2[nH]ncc12. The Bertz CT molecular complexity index is 558. The molecule has 5 nitrogen and oxygen atoms in total. The summed E-state index contributed by atoms with van der Waals surface area (Å²) in [7, 11) is 0. The first-order valence-electron chi connectivity index (χ1n) is 6.16. The molecule has 0 radical (unpaired) electrons. The van der Waals surface area contributed by atoms with Gasteiger partial charge in [-0.2, -0.15) is 5.10 Å². The van der Waals surface area contributed by atoms with Gasteiger partial charge in [-0.3, -0.25) is 9.89 Å². The van der Waals surface area contributed by atoms with Crippen LogP contribution in [0.1, 0.15) is 23.2 Å². The van der Waals surface area contributed by atoms with Gasteiger partial charge in [0, 0.05) is 18.5 Å². The standard InChI is InChI=1S/C13H15N3O2/c17-13(14-7-9-3-2-6-18-9)10-4-1-5-12-11(10)8-15-16-12/h1,4-5,8-9H,2-3,6-7H2,(H,14,17)(H,15,16). The van der Waals surface area contributed by atoms with E-state index >= 15 is 0 Å². The molecule has 2 N–H and O–H groups in total. The Morgan fingerprint density at radius 1 is 1.56 bits per heavy atom. The number of hydrogen-bond acceptors (Lipinski definition) is 3. The zero-order valence-electron chi connectivity index (χ0n) is 9.98. The van der Waals surface area contributed by atoms with E-state index in [0.29, 0.717) is 12.1 Å². The molecule has 1 aliphatic heterocycles. The minimum absolute atomic E-state index is 0.0718. The monoisotopic (exact) mass is 245 g/mol. The van der Waals surface area contributed by atoms with E-state index in [0.717, 1.165) is 30.4 Å². The molecule has 0 spiro atoms. The number of carbonyl (C=O) groups is 1. The quantitative estimate of drug-likeness (QED) is 0.860. The average Bonchev–Trinajstić information content (AvgIpc) is 3.05. The second-order valence-electron chi connectivity index (χ2n) is 4.48. The van der Waals surface area contributed by atoms with Crippen molar-refractivity contribution in [2.75, 3.05) is 13.2 Å². The molecule has 0 aliphatic carbocycles. The Hall–Kier alpha value is -1.88. The van der Waals surface area contributed by atoms with Crippen molar-refractivity contribution >= 4 is 16.8 Å². The van der Waals surface area contributed by atoms with Crippen molar-refractivity contribution in [2.45, 2.75) is 18.9 Å². The van der Waals surface area contributed by atoms with Crippen LogP contribution in [-0.4, -0.2) is 35.4 Å². The lowest BCUT2D eigenvalue weighted by atomic mass is 10.1. The number of nitrogens with one attached hydrogen (secondary N) is 2. The molecular formula is C13H15N3O2. The highest BCUT2D eigenvalue weighted by Gasteiger charge is 2.17. The van der Waals surface area contributed by atoms with Gasteiger partial charge in [-0.1, -0.05) is 6.07 Å². The van der Waals surface area contributed by atoms with Crippen molar-refractivity contribution in [3.05, 3.63) is 30.0 Å². The van der Waals surface area contributed by atoms with Gasteiger partial charge in [0.2, 0.25) is 0 Å². The van der Waals surface area contributed by atoms with Crippen LogP contribution in [0.2, 0.25) is 0 Å². The van der Waals surface area contributed by atoms with E-state index in [1.54, 1.807) is 6.20 Å². The summed E-state index contributed by atoms with van der Waals surface area (Å²) in [6.07, 6.45) is 3.95. The largest absolute Gasteiger partial charge is 0.376 e. The number of fused-ring (bicyclic) bond motifs is 1. The topological polar surface area (TPSA) is 67.0 Å². The molecular weight excluding hydrogens is 230 g/mol. The number of nitrogens with zero attached hydrogens (tertiary/aromatic N) is 1. The molecule has 0 saturated carbocycles. The van der Waals surface area contributed by atoms with Crippen LogP contribution in [0.5, 0.6) is 0 Å². The maximum absolute atomic E-state index is 12.1. The number of hydrogen-bond donors (Lipinski definition) is 2. The predicted octanol–water partition coefficient (Wildman–Crippen LogP) is 1.47. The van der Waals surface area contributed by atoms with E-state index in [2.05, 4.69) is 15.5 Å². The van der Waals surface area contributed by atoms with Crippen LogP contribution in [0.15, 0.2) is 24.4 Å². The molecule has 1 aromatic heterocycles. The van der Waals surface area contributed by atoms with E-state index in [4.69, 9.17) is 4.74 Å². The lowest BCUT2D eigenvalue weighted by Gasteiger charge is -2.11. The van der Waals surface area contributed by atoms with Crippen molar-refractivity contribution < 1.29 is 9.53 Å². The third-order valence-corrected chi connectivity index (χ3v) is 3.24. The second-order valence-corrected chi connectivity index (χ2v) is 4.48. The summed E-state index contributed by atoms with van der Waals surface area (Å²) in [6.45, 7) is 1.38. The van der Waals surface area contributed by atoms with Crippen LogP contribution < -0.4 is 5.32 Å². The van der Waals surface area contributed by atoms with Crippen LogP contribution in [0, 0.1) is 0 Å². The van der Waals surface area contributed by atoms with Gasteiger partial charge in [0.25, 0.3) is 5.91 Å². The van der Waals surface area contributed by atoms with Gasteiger partial charge in [-0.05, 0) is 25.0 Å². The Balaban J connectivity index is 1.73. The number of amides is 1. The van der Waals surface area contributed by atoms with Gasteiger partial charge < -0.3 is 10.1 Å². The maximum atomic E-state index is 12.1. The number of H-pyrrole nitrogens is 1. The fourth-order valence-corrected chi connectivity index (χ4v) is 2.27. The minimum atomic E-state index is -0.0718. The number of rotatable bonds is 3. The lowest BCUT2D eigenvalue weighted by Crippen LogP contribution is -2.31. The summed E-state index contributed by atoms with van der Waals surface area (Å²) in [5.41, 5.74) is 1.53. The Kier molecular flexibility index (Phi) is 2.98. The van der Waals surface area contributed by atoms with E-state index in [1.165, 1.54) is 0 Å². The molecule has 1 amide bonds. The molecule has 0 bridgehead atoms. The van der Waals surface area contributed by atoms with Crippen LogP contribution in [0.25, 0.3) is 10.9 Å². The molecule has 1 atom stereocenters. The predicted molar refractivity (Wildman–Crippen MR) is 67.4 cm³/mol. The molecule has 3 rings (SSSR count). The third-order valence-electron chi connectivity index (χ3n) is 3.24. The van der Waals surface area contributed by atoms with E-state index in [9.17, 15) is 4.79 Å². The molecule has 5 heteroatoms. The van der Waals surface area contributed by atoms with Crippen LogP contribution in [-0.2, 0) is 4.74 Å². The minimum Gasteiger partial charge on any atom is -0.376 e. The first-order valence-corrected chi connectivity index (χ1v) is 6.16. The zero-order chi connectivity index (χ0) is 12.4. The van der Waals surface area contributed by atoms with Gasteiger partial charge >= 0.3 is 0 Å². The fraction of sp³-hybridized carbons (Fsp3) is 0.385. The first-order chi connectivity index (χ1) is 8.84. The summed E-state index contributed by atoms with van der Waals surface area (Å²) in [4.78, 5) is 12.1. The van der Waals surface area contributed by atoms with Gasteiger partial charge in [-0.25, -0.2) is 0 Å².